The maximum absolute atomic E-state index is 14.0. The van der Waals surface area contributed by atoms with Crippen LogP contribution in [0.25, 0.3) is 10.9 Å². The molecule has 0 fully saturated rings. The second-order valence-electron chi connectivity index (χ2n) is 4.54. The molecule has 0 aliphatic carbocycles. The van der Waals surface area contributed by atoms with Gasteiger partial charge in [-0.25, -0.2) is 4.39 Å². The van der Waals surface area contributed by atoms with E-state index >= 15 is 0 Å². The number of halogens is 2. The molecule has 3 nitrogen and oxygen atoms in total. The number of carbonyl (C=O) groups excluding carboxylic acids is 1. The second-order valence-corrected chi connectivity index (χ2v) is 4.95. The summed E-state index contributed by atoms with van der Waals surface area (Å²) < 4.78 is 19.0. The zero-order chi connectivity index (χ0) is 15.0. The predicted octanol–water partition coefficient (Wildman–Crippen LogP) is 4.20. The predicted molar refractivity (Wildman–Crippen MR) is 79.7 cm³/mol. The molecule has 0 saturated heterocycles. The van der Waals surface area contributed by atoms with E-state index in [0.29, 0.717) is 21.7 Å². The fourth-order valence-corrected chi connectivity index (χ4v) is 2.55. The van der Waals surface area contributed by atoms with E-state index in [2.05, 4.69) is 4.98 Å². The molecule has 0 amide bonds. The number of ketones is 1. The Hall–Kier alpha value is -2.33. The van der Waals surface area contributed by atoms with Crippen LogP contribution in [-0.2, 0) is 0 Å². The minimum Gasteiger partial charge on any atom is -0.497 e. The van der Waals surface area contributed by atoms with Crippen molar-refractivity contribution in [2.45, 2.75) is 0 Å². The summed E-state index contributed by atoms with van der Waals surface area (Å²) in [5.74, 6) is -0.684. The molecule has 0 aliphatic heterocycles. The third-order valence-electron chi connectivity index (χ3n) is 3.32. The highest BCUT2D eigenvalue weighted by Gasteiger charge is 2.19. The van der Waals surface area contributed by atoms with Gasteiger partial charge in [0.15, 0.2) is 5.78 Å². The number of carbonyl (C=O) groups is 1. The molecule has 3 aromatic rings. The first-order chi connectivity index (χ1) is 10.1. The van der Waals surface area contributed by atoms with Gasteiger partial charge in [-0.2, -0.15) is 0 Å². The van der Waals surface area contributed by atoms with Gasteiger partial charge < -0.3 is 9.72 Å². The summed E-state index contributed by atoms with van der Waals surface area (Å²) in [6, 6.07) is 9.42. The fraction of sp³-hybridized carbons (Fsp3) is 0.0625. The van der Waals surface area contributed by atoms with Crippen LogP contribution in [-0.4, -0.2) is 17.9 Å². The molecule has 1 aromatic heterocycles. The molecule has 0 radical (unpaired) electrons. The van der Waals surface area contributed by atoms with E-state index in [9.17, 15) is 9.18 Å². The summed E-state index contributed by atoms with van der Waals surface area (Å²) >= 11 is 6.14. The lowest BCUT2D eigenvalue weighted by Crippen LogP contribution is -2.04. The van der Waals surface area contributed by atoms with Crippen LogP contribution >= 0.6 is 11.6 Å². The SMILES string of the molecule is COc1ccc(C(=O)c2c[nH]c3cccc(Cl)c23)c(F)c1. The van der Waals surface area contributed by atoms with Gasteiger partial charge >= 0.3 is 0 Å². The lowest BCUT2D eigenvalue weighted by Gasteiger charge is -2.05. The third kappa shape index (κ3) is 2.28. The zero-order valence-electron chi connectivity index (χ0n) is 11.1. The number of nitrogens with one attached hydrogen (secondary N) is 1. The number of ether oxygens (including phenoxy) is 1. The molecule has 3 rings (SSSR count). The molecule has 5 heteroatoms. The normalized spacial score (nSPS) is 10.8. The summed E-state index contributed by atoms with van der Waals surface area (Å²) in [6.45, 7) is 0. The van der Waals surface area contributed by atoms with Gasteiger partial charge in [0.25, 0.3) is 0 Å². The van der Waals surface area contributed by atoms with Crippen molar-refractivity contribution >= 4 is 28.3 Å². The summed E-state index contributed by atoms with van der Waals surface area (Å²) in [5.41, 5.74) is 1.07. The first-order valence-corrected chi connectivity index (χ1v) is 6.63. The summed E-state index contributed by atoms with van der Waals surface area (Å²) in [5, 5.41) is 1.05. The molecule has 0 unspecified atom stereocenters. The molecule has 106 valence electrons. The fourth-order valence-electron chi connectivity index (χ4n) is 2.27. The maximum atomic E-state index is 14.0. The number of hydrogen-bond donors (Lipinski definition) is 1. The number of fused-ring (bicyclic) bond motifs is 1. The van der Waals surface area contributed by atoms with Crippen molar-refractivity contribution < 1.29 is 13.9 Å². The van der Waals surface area contributed by atoms with Crippen LogP contribution in [0.2, 0.25) is 5.02 Å². The van der Waals surface area contributed by atoms with Gasteiger partial charge in [-0.3, -0.25) is 4.79 Å². The number of aromatic amines is 1. The van der Waals surface area contributed by atoms with Crippen molar-refractivity contribution in [3.05, 3.63) is 64.6 Å². The lowest BCUT2D eigenvalue weighted by molar-refractivity contribution is 0.103. The second kappa shape index (κ2) is 5.22. The molecule has 0 aliphatic rings. The lowest BCUT2D eigenvalue weighted by atomic mass is 10.0. The Labute approximate surface area is 125 Å². The molecule has 0 saturated carbocycles. The number of H-pyrrole nitrogens is 1. The van der Waals surface area contributed by atoms with Gasteiger partial charge in [-0.1, -0.05) is 17.7 Å². The highest BCUT2D eigenvalue weighted by atomic mass is 35.5. The largest absolute Gasteiger partial charge is 0.497 e. The van der Waals surface area contributed by atoms with Crippen LogP contribution in [0.4, 0.5) is 4.39 Å². The maximum Gasteiger partial charge on any atom is 0.198 e. The highest BCUT2D eigenvalue weighted by molar-refractivity contribution is 6.37. The summed E-state index contributed by atoms with van der Waals surface area (Å²) in [4.78, 5) is 15.5. The topological polar surface area (TPSA) is 42.1 Å². The van der Waals surface area contributed by atoms with Gasteiger partial charge in [-0.15, -0.1) is 0 Å². The van der Waals surface area contributed by atoms with Crippen LogP contribution in [0.3, 0.4) is 0 Å². The Morgan fingerprint density at radius 2 is 2.05 bits per heavy atom. The van der Waals surface area contributed by atoms with Crippen LogP contribution in [0.15, 0.2) is 42.6 Å². The Morgan fingerprint density at radius 1 is 1.24 bits per heavy atom. The molecular formula is C16H11ClFNO2. The minimum absolute atomic E-state index is 0.0170. The first kappa shape index (κ1) is 13.6. The molecule has 1 heterocycles. The van der Waals surface area contributed by atoms with Gasteiger partial charge in [-0.05, 0) is 24.3 Å². The number of benzene rings is 2. The van der Waals surface area contributed by atoms with Crippen LogP contribution in [0, 0.1) is 5.82 Å². The molecule has 2 aromatic carbocycles. The minimum atomic E-state index is -0.624. The summed E-state index contributed by atoms with van der Waals surface area (Å²) in [7, 11) is 1.44. The van der Waals surface area contributed by atoms with Crippen LogP contribution < -0.4 is 4.74 Å². The van der Waals surface area contributed by atoms with Crippen LogP contribution in [0.1, 0.15) is 15.9 Å². The first-order valence-electron chi connectivity index (χ1n) is 6.25. The smallest absolute Gasteiger partial charge is 0.198 e. The van der Waals surface area contributed by atoms with Crippen molar-refractivity contribution in [1.82, 2.24) is 4.98 Å². The van der Waals surface area contributed by atoms with Crippen molar-refractivity contribution in [1.29, 1.82) is 0 Å². The number of aromatic nitrogens is 1. The molecule has 0 bridgehead atoms. The Kier molecular flexibility index (Phi) is 3.39. The van der Waals surface area contributed by atoms with E-state index in [0.717, 1.165) is 5.52 Å². The van der Waals surface area contributed by atoms with Crippen molar-refractivity contribution in [2.24, 2.45) is 0 Å². The number of rotatable bonds is 3. The number of methoxy groups -OCH3 is 1. The van der Waals surface area contributed by atoms with E-state index < -0.39 is 11.6 Å². The molecule has 1 N–H and O–H groups in total. The highest BCUT2D eigenvalue weighted by Crippen LogP contribution is 2.29. The monoisotopic (exact) mass is 303 g/mol. The Morgan fingerprint density at radius 3 is 2.76 bits per heavy atom. The number of hydrogen-bond acceptors (Lipinski definition) is 2. The average Bonchev–Trinajstić information content (AvgIpc) is 2.92. The van der Waals surface area contributed by atoms with E-state index in [-0.39, 0.29) is 5.56 Å². The van der Waals surface area contributed by atoms with Gasteiger partial charge in [0, 0.05) is 28.7 Å². The van der Waals surface area contributed by atoms with E-state index in [1.807, 2.05) is 6.07 Å². The molecule has 0 spiro atoms. The Balaban J connectivity index is 2.13. The van der Waals surface area contributed by atoms with E-state index in [1.54, 1.807) is 24.4 Å². The average molecular weight is 304 g/mol. The van der Waals surface area contributed by atoms with Gasteiger partial charge in [0.2, 0.25) is 0 Å². The molecule has 21 heavy (non-hydrogen) atoms. The van der Waals surface area contributed by atoms with Gasteiger partial charge in [0.1, 0.15) is 11.6 Å². The quantitative estimate of drug-likeness (QED) is 0.737. The van der Waals surface area contributed by atoms with E-state index in [4.69, 9.17) is 16.3 Å². The van der Waals surface area contributed by atoms with Crippen molar-refractivity contribution in [3.8, 4) is 5.75 Å². The standard InChI is InChI=1S/C16H11ClFNO2/c1-21-9-5-6-10(13(18)7-9)16(20)11-8-19-14-4-2-3-12(17)15(11)14/h2-8,19H,1H3. The van der Waals surface area contributed by atoms with Crippen molar-refractivity contribution in [2.75, 3.05) is 7.11 Å². The van der Waals surface area contributed by atoms with Gasteiger partial charge in [0.05, 0.1) is 17.7 Å². The molecular weight excluding hydrogens is 293 g/mol. The summed E-state index contributed by atoms with van der Waals surface area (Å²) in [6.07, 6.45) is 1.54. The van der Waals surface area contributed by atoms with Crippen molar-refractivity contribution in [3.63, 3.8) is 0 Å². The third-order valence-corrected chi connectivity index (χ3v) is 3.64. The zero-order valence-corrected chi connectivity index (χ0v) is 11.9. The molecule has 0 atom stereocenters. The van der Waals surface area contributed by atoms with Crippen LogP contribution in [0.5, 0.6) is 5.75 Å². The Bertz CT molecular complexity index is 841. The van der Waals surface area contributed by atoms with E-state index in [1.165, 1.54) is 19.2 Å².